The summed E-state index contributed by atoms with van der Waals surface area (Å²) in [5.74, 6) is 0.0396. The topological polar surface area (TPSA) is 71.3 Å². The molecule has 1 N–H and O–H groups in total. The van der Waals surface area contributed by atoms with Crippen LogP contribution < -0.4 is 5.32 Å². The number of aryl methyl sites for hydroxylation is 1. The van der Waals surface area contributed by atoms with Gasteiger partial charge in [0.25, 0.3) is 11.6 Å². The number of pyridine rings is 1. The van der Waals surface area contributed by atoms with Gasteiger partial charge < -0.3 is 14.7 Å². The van der Waals surface area contributed by atoms with Crippen LogP contribution in [0.5, 0.6) is 0 Å². The number of hydrogen-bond donors (Lipinski definition) is 1. The molecule has 3 heterocycles. The van der Waals surface area contributed by atoms with Crippen LogP contribution in [-0.4, -0.2) is 47.1 Å². The molecule has 0 spiro atoms. The lowest BCUT2D eigenvalue weighted by molar-refractivity contribution is 0.0737. The Bertz CT molecular complexity index is 637. The van der Waals surface area contributed by atoms with Crippen molar-refractivity contribution in [3.8, 4) is 0 Å². The zero-order chi connectivity index (χ0) is 14.1. The predicted molar refractivity (Wildman–Crippen MR) is 74.5 cm³/mol. The fourth-order valence-corrected chi connectivity index (χ4v) is 2.78. The summed E-state index contributed by atoms with van der Waals surface area (Å²) in [5, 5.41) is 7.82. The fourth-order valence-electron chi connectivity index (χ4n) is 2.78. The number of carbonyl (C=O) groups is 1. The average Bonchev–Trinajstić information content (AvgIpc) is 3.06. The lowest BCUT2D eigenvalue weighted by Gasteiger charge is -2.24. The van der Waals surface area contributed by atoms with Gasteiger partial charge in [0.2, 0.25) is 0 Å². The molecule has 6 heteroatoms. The maximum atomic E-state index is 12.6. The number of amides is 1. The smallest absolute Gasteiger partial charge is 0.257 e. The van der Waals surface area contributed by atoms with Crippen molar-refractivity contribution in [1.29, 1.82) is 0 Å². The summed E-state index contributed by atoms with van der Waals surface area (Å²) in [4.78, 5) is 18.7. The van der Waals surface area contributed by atoms with E-state index < -0.39 is 0 Å². The van der Waals surface area contributed by atoms with Crippen LogP contribution in [0.25, 0.3) is 11.1 Å². The van der Waals surface area contributed by atoms with Crippen LogP contribution in [-0.2, 0) is 0 Å². The van der Waals surface area contributed by atoms with Crippen LogP contribution in [0.15, 0.2) is 16.8 Å². The van der Waals surface area contributed by atoms with Gasteiger partial charge in [-0.15, -0.1) is 0 Å². The van der Waals surface area contributed by atoms with E-state index in [2.05, 4.69) is 15.5 Å². The number of aromatic nitrogens is 2. The lowest BCUT2D eigenvalue weighted by atomic mass is 10.1. The van der Waals surface area contributed by atoms with Gasteiger partial charge in [-0.2, -0.15) is 0 Å². The van der Waals surface area contributed by atoms with Gasteiger partial charge in [0.15, 0.2) is 0 Å². The van der Waals surface area contributed by atoms with Crippen molar-refractivity contribution in [2.45, 2.75) is 25.8 Å². The largest absolute Gasteiger partial charge is 0.336 e. The highest BCUT2D eigenvalue weighted by molar-refractivity contribution is 5.97. The van der Waals surface area contributed by atoms with E-state index in [1.807, 2.05) is 24.9 Å². The first-order valence-electron chi connectivity index (χ1n) is 6.88. The highest BCUT2D eigenvalue weighted by Gasteiger charge is 2.29. The summed E-state index contributed by atoms with van der Waals surface area (Å²) in [6.45, 7) is 3.49. The standard InChI is InChI=1S/C14H18N4O2/c1-9-12-6-10(7-16-13(12)20-17-9)14(19)18-5-3-4-11(18)8-15-2/h6-7,11,15H,3-5,8H2,1-2H3. The number of hydrogen-bond acceptors (Lipinski definition) is 5. The molecule has 0 aliphatic carbocycles. The van der Waals surface area contributed by atoms with Crippen molar-refractivity contribution in [2.75, 3.05) is 20.1 Å². The molecule has 1 atom stereocenters. The Balaban J connectivity index is 1.89. The molecule has 20 heavy (non-hydrogen) atoms. The van der Waals surface area contributed by atoms with Crippen molar-refractivity contribution in [2.24, 2.45) is 0 Å². The SMILES string of the molecule is CNCC1CCCN1C(=O)c1cnc2onc(C)c2c1. The molecule has 1 unspecified atom stereocenters. The molecule has 6 nitrogen and oxygen atoms in total. The molecule has 1 aliphatic heterocycles. The minimum absolute atomic E-state index is 0.0396. The van der Waals surface area contributed by atoms with Crippen molar-refractivity contribution in [3.05, 3.63) is 23.5 Å². The van der Waals surface area contributed by atoms with E-state index in [9.17, 15) is 4.79 Å². The van der Waals surface area contributed by atoms with E-state index in [1.54, 1.807) is 6.20 Å². The monoisotopic (exact) mass is 274 g/mol. The number of nitrogens with one attached hydrogen (secondary N) is 1. The molecule has 1 amide bonds. The third kappa shape index (κ3) is 2.16. The minimum atomic E-state index is 0.0396. The Morgan fingerprint density at radius 2 is 2.45 bits per heavy atom. The van der Waals surface area contributed by atoms with Gasteiger partial charge in [0.1, 0.15) is 0 Å². The van der Waals surface area contributed by atoms with Gasteiger partial charge in [-0.05, 0) is 32.9 Å². The second-order valence-corrected chi connectivity index (χ2v) is 5.20. The van der Waals surface area contributed by atoms with Gasteiger partial charge in [-0.25, -0.2) is 4.98 Å². The van der Waals surface area contributed by atoms with Crippen molar-refractivity contribution < 1.29 is 9.32 Å². The Morgan fingerprint density at radius 1 is 1.60 bits per heavy atom. The summed E-state index contributed by atoms with van der Waals surface area (Å²) in [5.41, 5.74) is 1.84. The van der Waals surface area contributed by atoms with Gasteiger partial charge in [0.05, 0.1) is 16.6 Å². The second kappa shape index (κ2) is 5.20. The summed E-state index contributed by atoms with van der Waals surface area (Å²) in [6, 6.07) is 2.09. The van der Waals surface area contributed by atoms with E-state index in [-0.39, 0.29) is 11.9 Å². The molecule has 2 aromatic rings. The zero-order valence-electron chi connectivity index (χ0n) is 11.7. The molecule has 1 fully saturated rings. The van der Waals surface area contributed by atoms with E-state index in [0.717, 1.165) is 37.0 Å². The summed E-state index contributed by atoms with van der Waals surface area (Å²) >= 11 is 0. The molecule has 3 rings (SSSR count). The number of likely N-dealkylation sites (tertiary alicyclic amines) is 1. The second-order valence-electron chi connectivity index (χ2n) is 5.20. The summed E-state index contributed by atoms with van der Waals surface area (Å²) in [7, 11) is 1.91. The van der Waals surface area contributed by atoms with E-state index in [4.69, 9.17) is 4.52 Å². The first-order chi connectivity index (χ1) is 9.70. The molecule has 0 bridgehead atoms. The quantitative estimate of drug-likeness (QED) is 0.915. The number of fused-ring (bicyclic) bond motifs is 1. The summed E-state index contributed by atoms with van der Waals surface area (Å²) in [6.07, 6.45) is 3.68. The van der Waals surface area contributed by atoms with Gasteiger partial charge in [-0.1, -0.05) is 5.16 Å². The van der Waals surface area contributed by atoms with Crippen LogP contribution in [0.3, 0.4) is 0 Å². The number of nitrogens with zero attached hydrogens (tertiary/aromatic N) is 3. The highest BCUT2D eigenvalue weighted by atomic mass is 16.5. The Kier molecular flexibility index (Phi) is 3.40. The summed E-state index contributed by atoms with van der Waals surface area (Å²) < 4.78 is 5.07. The molecule has 1 saturated heterocycles. The van der Waals surface area contributed by atoms with E-state index in [0.29, 0.717) is 11.3 Å². The maximum absolute atomic E-state index is 12.6. The molecule has 0 aromatic carbocycles. The van der Waals surface area contributed by atoms with Crippen molar-refractivity contribution in [3.63, 3.8) is 0 Å². The van der Waals surface area contributed by atoms with Crippen LogP contribution in [0, 0.1) is 6.92 Å². The number of carbonyl (C=O) groups excluding carboxylic acids is 1. The first-order valence-corrected chi connectivity index (χ1v) is 6.88. The lowest BCUT2D eigenvalue weighted by Crippen LogP contribution is -2.40. The van der Waals surface area contributed by atoms with Crippen molar-refractivity contribution >= 4 is 17.0 Å². The number of likely N-dealkylation sites (N-methyl/N-ethyl adjacent to an activating group) is 1. The van der Waals surface area contributed by atoms with Gasteiger partial charge >= 0.3 is 0 Å². The molecular weight excluding hydrogens is 256 g/mol. The van der Waals surface area contributed by atoms with Crippen LogP contribution >= 0.6 is 0 Å². The van der Waals surface area contributed by atoms with Crippen molar-refractivity contribution in [1.82, 2.24) is 20.4 Å². The maximum Gasteiger partial charge on any atom is 0.257 e. The highest BCUT2D eigenvalue weighted by Crippen LogP contribution is 2.22. The molecular formula is C14H18N4O2. The van der Waals surface area contributed by atoms with Crippen LogP contribution in [0.4, 0.5) is 0 Å². The van der Waals surface area contributed by atoms with Crippen LogP contribution in [0.1, 0.15) is 28.9 Å². The van der Waals surface area contributed by atoms with Crippen LogP contribution in [0.2, 0.25) is 0 Å². The zero-order valence-corrected chi connectivity index (χ0v) is 11.7. The molecule has 106 valence electrons. The molecule has 0 saturated carbocycles. The Labute approximate surface area is 117 Å². The van der Waals surface area contributed by atoms with Gasteiger partial charge in [-0.3, -0.25) is 4.79 Å². The molecule has 0 radical (unpaired) electrons. The third-order valence-electron chi connectivity index (χ3n) is 3.83. The normalized spacial score (nSPS) is 18.9. The minimum Gasteiger partial charge on any atom is -0.336 e. The molecule has 1 aliphatic rings. The Morgan fingerprint density at radius 3 is 3.25 bits per heavy atom. The van der Waals surface area contributed by atoms with Gasteiger partial charge in [0, 0.05) is 25.3 Å². The Hall–Kier alpha value is -1.95. The van der Waals surface area contributed by atoms with E-state index in [1.165, 1.54) is 0 Å². The average molecular weight is 274 g/mol. The van der Waals surface area contributed by atoms with E-state index >= 15 is 0 Å². The number of rotatable bonds is 3. The third-order valence-corrected chi connectivity index (χ3v) is 3.83. The first kappa shape index (κ1) is 13.1. The fraction of sp³-hybridized carbons (Fsp3) is 0.500. The predicted octanol–water partition coefficient (Wildman–Crippen LogP) is 1.36. The molecule has 2 aromatic heterocycles.